The van der Waals surface area contributed by atoms with Crippen molar-refractivity contribution in [2.24, 2.45) is 0 Å². The van der Waals surface area contributed by atoms with Gasteiger partial charge in [-0.15, -0.1) is 11.8 Å². The summed E-state index contributed by atoms with van der Waals surface area (Å²) in [6.07, 6.45) is 0. The van der Waals surface area contributed by atoms with E-state index in [0.29, 0.717) is 5.75 Å². The molecule has 0 bridgehead atoms. The first-order chi connectivity index (χ1) is 8.78. The van der Waals surface area contributed by atoms with Crippen molar-refractivity contribution in [3.63, 3.8) is 0 Å². The van der Waals surface area contributed by atoms with Crippen LogP contribution < -0.4 is 5.32 Å². The van der Waals surface area contributed by atoms with E-state index in [9.17, 15) is 4.79 Å². The third-order valence-electron chi connectivity index (χ3n) is 2.58. The summed E-state index contributed by atoms with van der Waals surface area (Å²) >= 11 is 1.57. The van der Waals surface area contributed by atoms with Gasteiger partial charge >= 0.3 is 0 Å². The SMILES string of the molecule is Cc1ccc(SCC(=O)NC(C)(C)CN(C)C)cc1. The molecule has 0 aliphatic rings. The molecule has 0 aliphatic heterocycles. The van der Waals surface area contributed by atoms with Crippen LogP contribution in [0.1, 0.15) is 19.4 Å². The molecule has 1 N–H and O–H groups in total. The highest BCUT2D eigenvalue weighted by molar-refractivity contribution is 8.00. The number of thioether (sulfide) groups is 1. The number of benzene rings is 1. The minimum atomic E-state index is -0.200. The number of amides is 1. The molecule has 106 valence electrons. The summed E-state index contributed by atoms with van der Waals surface area (Å²) < 4.78 is 0. The number of rotatable bonds is 6. The molecule has 0 heterocycles. The molecule has 0 unspecified atom stereocenters. The number of nitrogens with one attached hydrogen (secondary N) is 1. The Morgan fingerprint density at radius 2 is 1.84 bits per heavy atom. The summed E-state index contributed by atoms with van der Waals surface area (Å²) in [6.45, 7) is 6.97. The van der Waals surface area contributed by atoms with Gasteiger partial charge in [-0.25, -0.2) is 0 Å². The lowest BCUT2D eigenvalue weighted by Crippen LogP contribution is -2.50. The van der Waals surface area contributed by atoms with Crippen LogP contribution in [-0.2, 0) is 4.79 Å². The Kier molecular flexibility index (Phi) is 5.88. The summed E-state index contributed by atoms with van der Waals surface area (Å²) in [7, 11) is 4.02. The predicted octanol–water partition coefficient (Wildman–Crippen LogP) is 2.54. The number of aryl methyl sites for hydroxylation is 1. The standard InChI is InChI=1S/C15H24N2OS/c1-12-6-8-13(9-7-12)19-10-14(18)16-15(2,3)11-17(4)5/h6-9H,10-11H2,1-5H3,(H,16,18). The summed E-state index contributed by atoms with van der Waals surface area (Å²) in [5.41, 5.74) is 1.04. The minimum absolute atomic E-state index is 0.0809. The normalized spacial score (nSPS) is 11.7. The van der Waals surface area contributed by atoms with E-state index in [-0.39, 0.29) is 11.4 Å². The van der Waals surface area contributed by atoms with Gasteiger partial charge in [0.2, 0.25) is 5.91 Å². The molecule has 1 aromatic carbocycles. The van der Waals surface area contributed by atoms with Gasteiger partial charge in [0.1, 0.15) is 0 Å². The Morgan fingerprint density at radius 1 is 1.26 bits per heavy atom. The second-order valence-corrected chi connectivity index (χ2v) is 6.82. The average molecular weight is 280 g/mol. The second kappa shape index (κ2) is 6.96. The number of carbonyl (C=O) groups excluding carboxylic acids is 1. The lowest BCUT2D eigenvalue weighted by molar-refractivity contribution is -0.120. The van der Waals surface area contributed by atoms with Crippen LogP contribution in [0.2, 0.25) is 0 Å². The van der Waals surface area contributed by atoms with E-state index in [1.54, 1.807) is 11.8 Å². The Hall–Kier alpha value is -1.00. The predicted molar refractivity (Wildman–Crippen MR) is 82.7 cm³/mol. The van der Waals surface area contributed by atoms with Crippen LogP contribution in [0.15, 0.2) is 29.2 Å². The monoisotopic (exact) mass is 280 g/mol. The second-order valence-electron chi connectivity index (χ2n) is 5.77. The van der Waals surface area contributed by atoms with Crippen molar-refractivity contribution < 1.29 is 4.79 Å². The highest BCUT2D eigenvalue weighted by Crippen LogP contribution is 2.18. The highest BCUT2D eigenvalue weighted by atomic mass is 32.2. The van der Waals surface area contributed by atoms with E-state index >= 15 is 0 Å². The molecule has 0 aliphatic carbocycles. The third-order valence-corrected chi connectivity index (χ3v) is 3.59. The molecule has 19 heavy (non-hydrogen) atoms. The zero-order valence-corrected chi connectivity index (χ0v) is 13.3. The lowest BCUT2D eigenvalue weighted by Gasteiger charge is -2.29. The highest BCUT2D eigenvalue weighted by Gasteiger charge is 2.20. The fourth-order valence-corrected chi connectivity index (χ4v) is 2.73. The van der Waals surface area contributed by atoms with Gasteiger partial charge in [-0.05, 0) is 47.0 Å². The van der Waals surface area contributed by atoms with Gasteiger partial charge in [0.15, 0.2) is 0 Å². The molecule has 4 heteroatoms. The van der Waals surface area contributed by atoms with Crippen molar-refractivity contribution in [2.45, 2.75) is 31.2 Å². The molecule has 0 aromatic heterocycles. The summed E-state index contributed by atoms with van der Waals surface area (Å²) in [4.78, 5) is 15.1. The van der Waals surface area contributed by atoms with Crippen LogP contribution in [0.5, 0.6) is 0 Å². The Bertz CT molecular complexity index is 413. The molecule has 0 radical (unpaired) electrons. The lowest BCUT2D eigenvalue weighted by atomic mass is 10.1. The van der Waals surface area contributed by atoms with Gasteiger partial charge < -0.3 is 10.2 Å². The van der Waals surface area contributed by atoms with E-state index in [2.05, 4.69) is 41.4 Å². The fourth-order valence-electron chi connectivity index (χ4n) is 2.03. The zero-order valence-electron chi connectivity index (χ0n) is 12.5. The summed E-state index contributed by atoms with van der Waals surface area (Å²) in [6, 6.07) is 8.24. The van der Waals surface area contributed by atoms with Crippen LogP contribution >= 0.6 is 11.8 Å². The molecule has 0 saturated heterocycles. The van der Waals surface area contributed by atoms with E-state index in [1.807, 2.05) is 27.9 Å². The molecule has 1 aromatic rings. The van der Waals surface area contributed by atoms with Gasteiger partial charge in [0.25, 0.3) is 0 Å². The van der Waals surface area contributed by atoms with Crippen LogP contribution in [-0.4, -0.2) is 42.7 Å². The van der Waals surface area contributed by atoms with Crippen molar-refractivity contribution in [3.8, 4) is 0 Å². The van der Waals surface area contributed by atoms with E-state index < -0.39 is 0 Å². The van der Waals surface area contributed by atoms with E-state index in [0.717, 1.165) is 11.4 Å². The van der Waals surface area contributed by atoms with Crippen molar-refractivity contribution in [2.75, 3.05) is 26.4 Å². The maximum Gasteiger partial charge on any atom is 0.230 e. The smallest absolute Gasteiger partial charge is 0.230 e. The van der Waals surface area contributed by atoms with Gasteiger partial charge in [0.05, 0.1) is 5.75 Å². The van der Waals surface area contributed by atoms with Crippen LogP contribution in [0.25, 0.3) is 0 Å². The molecule has 0 spiro atoms. The van der Waals surface area contributed by atoms with Crippen molar-refractivity contribution in [1.29, 1.82) is 0 Å². The van der Waals surface area contributed by atoms with Gasteiger partial charge in [-0.3, -0.25) is 4.79 Å². The molecule has 3 nitrogen and oxygen atoms in total. The number of nitrogens with zero attached hydrogens (tertiary/aromatic N) is 1. The first-order valence-electron chi connectivity index (χ1n) is 6.44. The minimum Gasteiger partial charge on any atom is -0.349 e. The average Bonchev–Trinajstić information content (AvgIpc) is 2.25. The fraction of sp³-hybridized carbons (Fsp3) is 0.533. The van der Waals surface area contributed by atoms with Crippen molar-refractivity contribution in [1.82, 2.24) is 10.2 Å². The van der Waals surface area contributed by atoms with Gasteiger partial charge in [-0.1, -0.05) is 17.7 Å². The quantitative estimate of drug-likeness (QED) is 0.813. The van der Waals surface area contributed by atoms with Crippen LogP contribution in [0.4, 0.5) is 0 Å². The topological polar surface area (TPSA) is 32.3 Å². The van der Waals surface area contributed by atoms with Gasteiger partial charge in [0, 0.05) is 17.0 Å². The molecule has 1 rings (SSSR count). The van der Waals surface area contributed by atoms with Crippen molar-refractivity contribution >= 4 is 17.7 Å². The molecule has 1 amide bonds. The number of hydrogen-bond donors (Lipinski definition) is 1. The largest absolute Gasteiger partial charge is 0.349 e. The Balaban J connectivity index is 2.41. The zero-order chi connectivity index (χ0) is 14.5. The Labute approximate surface area is 120 Å². The first kappa shape index (κ1) is 16.1. The van der Waals surface area contributed by atoms with Crippen molar-refractivity contribution in [3.05, 3.63) is 29.8 Å². The summed E-state index contributed by atoms with van der Waals surface area (Å²) in [5.74, 6) is 0.539. The molecule has 0 fully saturated rings. The van der Waals surface area contributed by atoms with Crippen LogP contribution in [0, 0.1) is 6.92 Å². The van der Waals surface area contributed by atoms with E-state index in [1.165, 1.54) is 5.56 Å². The first-order valence-corrected chi connectivity index (χ1v) is 7.42. The molecule has 0 atom stereocenters. The third kappa shape index (κ3) is 6.64. The number of carbonyl (C=O) groups is 1. The summed E-state index contributed by atoms with van der Waals surface area (Å²) in [5, 5.41) is 3.07. The van der Waals surface area contributed by atoms with Crippen LogP contribution in [0.3, 0.4) is 0 Å². The van der Waals surface area contributed by atoms with E-state index in [4.69, 9.17) is 0 Å². The molecular formula is C15H24N2OS. The Morgan fingerprint density at radius 3 is 2.37 bits per heavy atom. The number of likely N-dealkylation sites (N-methyl/N-ethyl adjacent to an activating group) is 1. The number of hydrogen-bond acceptors (Lipinski definition) is 3. The maximum absolute atomic E-state index is 11.9. The van der Waals surface area contributed by atoms with Gasteiger partial charge in [-0.2, -0.15) is 0 Å². The molecular weight excluding hydrogens is 256 g/mol. The molecule has 0 saturated carbocycles. The maximum atomic E-state index is 11.9.